The maximum absolute atomic E-state index is 13.2. The standard InChI is InChI=1S/3C22H33N6O10PS/c3*1-6-34-20(30)24-10-21(2,3)18(29)40-8-7-35-39(32)36-9-12-14(38-39)22(4,31)17(37-12)28-11-25-13-15(28)26-19(23)27-16(13)33-5/h3*11-12,14,17,31H,6-10H2,1-5H3,(H,24,30)(H2,23,26,27)/t12-,14-,17-,22-,39?;12-,14-,17-,22-,39+;12-,14-,17-,22-,39-/m111/s1. The van der Waals surface area contributed by atoms with E-state index in [-0.39, 0.29) is 164 Å². The number of alkyl carbamates (subject to hydrolysis) is 3. The lowest BCUT2D eigenvalue weighted by molar-refractivity contribution is -0.118. The maximum atomic E-state index is 13.2. The number of nitrogen functional groups attached to an aromatic ring is 3. The molecule has 54 heteroatoms. The van der Waals surface area contributed by atoms with Gasteiger partial charge in [0.1, 0.15) is 53.4 Å². The lowest BCUT2D eigenvalue weighted by Crippen LogP contribution is -2.47. The van der Waals surface area contributed by atoms with E-state index in [9.17, 15) is 57.8 Å². The van der Waals surface area contributed by atoms with Crippen molar-refractivity contribution in [3.8, 4) is 17.6 Å². The summed E-state index contributed by atoms with van der Waals surface area (Å²) >= 11 is 2.86. The Morgan fingerprint density at radius 2 is 0.717 bits per heavy atom. The number of fused-ring (bicyclic) bond motifs is 6. The van der Waals surface area contributed by atoms with Gasteiger partial charge in [0.25, 0.3) is 0 Å². The molecule has 6 fully saturated rings. The number of thioether (sulfide) groups is 3. The number of hydrogen-bond acceptors (Lipinski definition) is 45. The first-order valence-electron chi connectivity index (χ1n) is 37.1. The van der Waals surface area contributed by atoms with Gasteiger partial charge in [-0.3, -0.25) is 68.8 Å². The van der Waals surface area contributed by atoms with E-state index < -0.39 is 130 Å². The summed E-state index contributed by atoms with van der Waals surface area (Å²) in [5, 5.41) is 41.3. The van der Waals surface area contributed by atoms with Crippen molar-refractivity contribution in [3.63, 3.8) is 0 Å². The molecule has 6 aliphatic heterocycles. The molecule has 12 N–H and O–H groups in total. The van der Waals surface area contributed by atoms with Crippen LogP contribution in [0.25, 0.3) is 33.5 Å². The molecule has 120 heavy (non-hydrogen) atoms. The number of nitrogens with one attached hydrogen (secondary N) is 3. The van der Waals surface area contributed by atoms with Gasteiger partial charge in [-0.2, -0.15) is 29.9 Å². The number of aliphatic hydroxyl groups is 3. The molecule has 0 radical (unpaired) electrons. The van der Waals surface area contributed by atoms with E-state index in [1.54, 1.807) is 62.3 Å². The second-order valence-corrected chi connectivity index (χ2v) is 37.7. The van der Waals surface area contributed by atoms with Crippen LogP contribution in [0.5, 0.6) is 17.6 Å². The topological polar surface area (TPSA) is 625 Å². The zero-order valence-corrected chi connectivity index (χ0v) is 73.2. The number of rotatable bonds is 30. The fraction of sp³-hybridized carbons (Fsp3) is 0.682. The molecule has 6 aromatic heterocycles. The Kier molecular flexibility index (Phi) is 30.5. The van der Waals surface area contributed by atoms with Crippen LogP contribution in [0.4, 0.5) is 32.2 Å². The summed E-state index contributed by atoms with van der Waals surface area (Å²) in [4.78, 5) is 110. The molecular weight excluding hydrogens is 1710 g/mol. The number of phosphoric acid groups is 3. The minimum atomic E-state index is -4.10. The van der Waals surface area contributed by atoms with E-state index in [0.717, 1.165) is 35.3 Å². The predicted molar refractivity (Wildman–Crippen MR) is 424 cm³/mol. The second kappa shape index (κ2) is 38.7. The number of amides is 3. The lowest BCUT2D eigenvalue weighted by atomic mass is 9.96. The van der Waals surface area contributed by atoms with Crippen LogP contribution in [0.1, 0.15) is 102 Å². The predicted octanol–water partition coefficient (Wildman–Crippen LogP) is 4.91. The minimum absolute atomic E-state index is 0.0614. The van der Waals surface area contributed by atoms with Crippen LogP contribution in [-0.4, -0.2) is 279 Å². The van der Waals surface area contributed by atoms with Crippen LogP contribution in [-0.2, 0) is 97.2 Å². The molecule has 6 aromatic rings. The Labute approximate surface area is 698 Å². The van der Waals surface area contributed by atoms with Crippen LogP contribution < -0.4 is 47.4 Å². The number of carbonyl (C=O) groups is 6. The van der Waals surface area contributed by atoms with E-state index in [4.69, 9.17) is 101 Å². The number of ether oxygens (including phenoxy) is 9. The third kappa shape index (κ3) is 21.6. The molecule has 0 bridgehead atoms. The summed E-state index contributed by atoms with van der Waals surface area (Å²) in [6.07, 6.45) is -6.40. The fourth-order valence-corrected chi connectivity index (χ4v) is 19.8. The average molecular weight is 1810 g/mol. The van der Waals surface area contributed by atoms with Crippen molar-refractivity contribution < 1.29 is 141 Å². The van der Waals surface area contributed by atoms with Crippen molar-refractivity contribution in [1.82, 2.24) is 74.5 Å². The number of aromatic nitrogens is 12. The summed E-state index contributed by atoms with van der Waals surface area (Å²) in [5.41, 5.74) is 11.3. The molecule has 3 amide bonds. The van der Waals surface area contributed by atoms with Crippen molar-refractivity contribution in [2.45, 2.75) is 155 Å². The van der Waals surface area contributed by atoms with Gasteiger partial charge < -0.3 is 91.1 Å². The molecule has 0 spiro atoms. The molecule has 6 saturated heterocycles. The van der Waals surface area contributed by atoms with Gasteiger partial charge in [-0.05, 0) is 41.5 Å². The van der Waals surface area contributed by atoms with E-state index in [1.807, 2.05) is 0 Å². The molecule has 15 atom stereocenters. The van der Waals surface area contributed by atoms with Gasteiger partial charge in [0.15, 0.2) is 67.5 Å². The van der Waals surface area contributed by atoms with E-state index in [1.165, 1.54) is 74.8 Å². The average Bonchev–Trinajstić information content (AvgIpc) is 1.59. The third-order valence-corrected chi connectivity index (χ3v) is 26.7. The van der Waals surface area contributed by atoms with Crippen LogP contribution in [0, 0.1) is 16.2 Å². The number of nitrogens with two attached hydrogens (primary N) is 3. The van der Waals surface area contributed by atoms with E-state index in [2.05, 4.69) is 60.8 Å². The molecule has 0 aromatic carbocycles. The Hall–Kier alpha value is -7.59. The SMILES string of the molecule is CCOC(=O)NCC(C)(C)C(=O)SCCOP1(=O)OC[C@H]2O[C@@H](n3cnc4c(OC)nc(N)nc43)[C@](C)(O)[C@@H]2O1.CCOC(=O)NCC(C)(C)C(=O)SCCO[P@@]1(=O)OC[C@H]2O[C@@H](n3cnc4c(OC)nc(N)nc43)[C@](C)(O)[C@@H]2O1.CCOC(=O)NCC(C)(C)C(=O)SCCO[P@]1(=O)OC[C@H]2O[C@@H](n3cnc4c(OC)nc(N)nc43)[C@](C)(O)[C@@H]2O1. The number of nitrogens with zero attached hydrogens (tertiary/aromatic N) is 12. The quantitative estimate of drug-likeness (QED) is 0.0164. The van der Waals surface area contributed by atoms with Crippen LogP contribution >= 0.6 is 58.8 Å². The lowest BCUT2D eigenvalue weighted by Gasteiger charge is -2.35. The monoisotopic (exact) mass is 1810 g/mol. The van der Waals surface area contributed by atoms with Crippen LogP contribution in [0.2, 0.25) is 0 Å². The third-order valence-electron chi connectivity index (χ3n) is 18.8. The van der Waals surface area contributed by atoms with Crippen LogP contribution in [0.15, 0.2) is 19.0 Å². The number of methoxy groups -OCH3 is 3. The molecule has 666 valence electrons. The van der Waals surface area contributed by atoms with Gasteiger partial charge in [-0.15, -0.1) is 0 Å². The van der Waals surface area contributed by atoms with Gasteiger partial charge in [0.05, 0.1) is 116 Å². The number of imidazole rings is 3. The van der Waals surface area contributed by atoms with Crippen molar-refractivity contribution in [3.05, 3.63) is 19.0 Å². The molecule has 12 rings (SSSR count). The zero-order chi connectivity index (χ0) is 87.9. The normalized spacial score (nSPS) is 28.3. The van der Waals surface area contributed by atoms with Gasteiger partial charge in [0.2, 0.25) is 35.5 Å². The van der Waals surface area contributed by atoms with Gasteiger partial charge in [-0.25, -0.2) is 43.0 Å². The van der Waals surface area contributed by atoms with Crippen molar-refractivity contribution in [2.24, 2.45) is 16.2 Å². The first kappa shape index (κ1) is 94.7. The first-order chi connectivity index (χ1) is 56.4. The number of phosphoric ester groups is 3. The molecule has 0 aliphatic carbocycles. The maximum Gasteiger partial charge on any atom is 0.475 e. The van der Waals surface area contributed by atoms with Crippen molar-refractivity contribution >= 4 is 144 Å². The Balaban J connectivity index is 0.000000189. The summed E-state index contributed by atoms with van der Waals surface area (Å²) in [6, 6.07) is 0. The van der Waals surface area contributed by atoms with Crippen molar-refractivity contribution in [2.75, 3.05) is 135 Å². The highest BCUT2D eigenvalue weighted by molar-refractivity contribution is 8.14. The largest absolute Gasteiger partial charge is 0.479 e. The Bertz CT molecular complexity index is 4390. The van der Waals surface area contributed by atoms with Gasteiger partial charge >= 0.3 is 41.7 Å². The molecule has 12 heterocycles. The van der Waals surface area contributed by atoms with Gasteiger partial charge in [0, 0.05) is 36.9 Å². The minimum Gasteiger partial charge on any atom is -0.479 e. The number of anilines is 3. The van der Waals surface area contributed by atoms with E-state index >= 15 is 0 Å². The van der Waals surface area contributed by atoms with E-state index in [0.29, 0.717) is 16.6 Å². The zero-order valence-electron chi connectivity index (χ0n) is 68.1. The molecule has 0 saturated carbocycles. The number of carbonyl (C=O) groups excluding carboxylic acids is 6. The summed E-state index contributed by atoms with van der Waals surface area (Å²) in [5.74, 6) is 0.719. The molecule has 1 unspecified atom stereocenters. The highest BCUT2D eigenvalue weighted by Gasteiger charge is 2.63. The fourth-order valence-electron chi connectivity index (χ4n) is 12.6. The highest BCUT2D eigenvalue weighted by atomic mass is 32.2. The second-order valence-electron chi connectivity index (χ2n) is 29.6. The molecular formula is C66H99N18O30P3S3. The van der Waals surface area contributed by atoms with Crippen molar-refractivity contribution in [1.29, 1.82) is 0 Å². The first-order valence-corrected chi connectivity index (χ1v) is 44.5. The molecule has 6 aliphatic rings. The van der Waals surface area contributed by atoms with Gasteiger partial charge in [-0.1, -0.05) is 76.8 Å². The highest BCUT2D eigenvalue weighted by Crippen LogP contribution is 2.62. The summed E-state index contributed by atoms with van der Waals surface area (Å²) in [6.45, 7) is 19.5. The van der Waals surface area contributed by atoms with Crippen LogP contribution in [0.3, 0.4) is 0 Å². The summed E-state index contributed by atoms with van der Waals surface area (Å²) < 4.78 is 141. The number of hydrogen-bond donors (Lipinski definition) is 9. The smallest absolute Gasteiger partial charge is 0.475 e. The Morgan fingerprint density at radius 1 is 0.467 bits per heavy atom. The molecule has 48 nitrogen and oxygen atoms in total. The summed E-state index contributed by atoms with van der Waals surface area (Å²) in [7, 11) is -8.05. The Morgan fingerprint density at radius 3 is 0.950 bits per heavy atom.